The van der Waals surface area contributed by atoms with Crippen LogP contribution in [0.1, 0.15) is 44.2 Å². The van der Waals surface area contributed by atoms with Gasteiger partial charge in [0.05, 0.1) is 6.04 Å². The van der Waals surface area contributed by atoms with Crippen LogP contribution < -0.4 is 11.3 Å². The topological polar surface area (TPSA) is 38.0 Å². The van der Waals surface area contributed by atoms with Crippen molar-refractivity contribution in [2.24, 2.45) is 17.7 Å². The van der Waals surface area contributed by atoms with E-state index < -0.39 is 0 Å². The van der Waals surface area contributed by atoms with Gasteiger partial charge in [0.25, 0.3) is 0 Å². The maximum atomic E-state index is 14.0. The zero-order valence-corrected chi connectivity index (χ0v) is 12.2. The molecular weight excluding hydrogens is 295 g/mol. The van der Waals surface area contributed by atoms with Gasteiger partial charge in [0, 0.05) is 10.0 Å². The fraction of sp³-hybridized carbons (Fsp3) is 0.571. The Labute approximate surface area is 116 Å². The number of benzene rings is 1. The summed E-state index contributed by atoms with van der Waals surface area (Å²) in [6.07, 6.45) is 4.72. The minimum atomic E-state index is -0.189. The zero-order chi connectivity index (χ0) is 13.1. The van der Waals surface area contributed by atoms with Crippen LogP contribution in [-0.4, -0.2) is 0 Å². The molecule has 2 rings (SSSR count). The molecule has 3 N–H and O–H groups in total. The van der Waals surface area contributed by atoms with Crippen LogP contribution >= 0.6 is 15.9 Å². The summed E-state index contributed by atoms with van der Waals surface area (Å²) < 4.78 is 14.8. The first-order chi connectivity index (χ1) is 8.61. The quantitative estimate of drug-likeness (QED) is 0.655. The molecule has 4 heteroatoms. The maximum Gasteiger partial charge on any atom is 0.129 e. The zero-order valence-electron chi connectivity index (χ0n) is 10.6. The molecule has 1 aliphatic carbocycles. The van der Waals surface area contributed by atoms with E-state index in [1.54, 1.807) is 0 Å². The minimum absolute atomic E-state index is 0.0825. The van der Waals surface area contributed by atoms with E-state index in [2.05, 4.69) is 28.3 Å². The summed E-state index contributed by atoms with van der Waals surface area (Å²) in [6, 6.07) is 5.12. The average molecular weight is 315 g/mol. The second-order valence-corrected chi connectivity index (χ2v) is 6.26. The number of hydrazine groups is 1. The number of rotatable bonds is 3. The Bertz CT molecular complexity index is 411. The van der Waals surface area contributed by atoms with Crippen LogP contribution in [-0.2, 0) is 0 Å². The average Bonchev–Trinajstić information content (AvgIpc) is 2.33. The van der Waals surface area contributed by atoms with E-state index in [0.717, 1.165) is 17.3 Å². The van der Waals surface area contributed by atoms with Crippen molar-refractivity contribution in [2.45, 2.75) is 38.6 Å². The molecule has 1 fully saturated rings. The van der Waals surface area contributed by atoms with Crippen molar-refractivity contribution in [3.8, 4) is 0 Å². The Morgan fingerprint density at radius 2 is 2.22 bits per heavy atom. The van der Waals surface area contributed by atoms with E-state index in [1.807, 2.05) is 12.1 Å². The first-order valence-corrected chi connectivity index (χ1v) is 7.32. The van der Waals surface area contributed by atoms with Crippen LogP contribution in [0.5, 0.6) is 0 Å². The van der Waals surface area contributed by atoms with Gasteiger partial charge >= 0.3 is 0 Å². The van der Waals surface area contributed by atoms with E-state index in [9.17, 15) is 4.39 Å². The smallest absolute Gasteiger partial charge is 0.129 e. The predicted octanol–water partition coefficient (Wildman–Crippen LogP) is 3.92. The molecule has 1 aliphatic rings. The highest BCUT2D eigenvalue weighted by Gasteiger charge is 2.28. The molecule has 1 aromatic rings. The van der Waals surface area contributed by atoms with Crippen LogP contribution in [0.25, 0.3) is 0 Å². The monoisotopic (exact) mass is 314 g/mol. The van der Waals surface area contributed by atoms with Crippen LogP contribution in [0.4, 0.5) is 4.39 Å². The highest BCUT2D eigenvalue weighted by Crippen LogP contribution is 2.37. The molecule has 0 aromatic heterocycles. The second-order valence-electron chi connectivity index (χ2n) is 5.34. The fourth-order valence-corrected chi connectivity index (χ4v) is 3.35. The molecule has 0 heterocycles. The van der Waals surface area contributed by atoms with Crippen molar-refractivity contribution in [2.75, 3.05) is 0 Å². The molecule has 2 nitrogen and oxygen atoms in total. The Hall–Kier alpha value is -0.450. The molecule has 3 unspecified atom stereocenters. The summed E-state index contributed by atoms with van der Waals surface area (Å²) in [6.45, 7) is 2.26. The van der Waals surface area contributed by atoms with Gasteiger partial charge in [0.2, 0.25) is 0 Å². The fourth-order valence-electron chi connectivity index (χ4n) is 3.02. The summed E-state index contributed by atoms with van der Waals surface area (Å²) in [5.74, 6) is 6.60. The van der Waals surface area contributed by atoms with Crippen LogP contribution in [0.2, 0.25) is 0 Å². The van der Waals surface area contributed by atoms with Gasteiger partial charge in [-0.15, -0.1) is 0 Å². The van der Waals surface area contributed by atoms with Gasteiger partial charge in [-0.1, -0.05) is 41.8 Å². The summed E-state index contributed by atoms with van der Waals surface area (Å²) >= 11 is 3.28. The summed E-state index contributed by atoms with van der Waals surface area (Å²) in [7, 11) is 0. The van der Waals surface area contributed by atoms with Gasteiger partial charge < -0.3 is 0 Å². The third-order valence-electron chi connectivity index (χ3n) is 3.93. The maximum absolute atomic E-state index is 14.0. The first kappa shape index (κ1) is 14.0. The van der Waals surface area contributed by atoms with Crippen molar-refractivity contribution < 1.29 is 4.39 Å². The molecular formula is C14H20BrFN2. The molecule has 18 heavy (non-hydrogen) atoms. The lowest BCUT2D eigenvalue weighted by molar-refractivity contribution is 0.221. The van der Waals surface area contributed by atoms with Crippen molar-refractivity contribution >= 4 is 15.9 Å². The lowest BCUT2D eigenvalue weighted by Gasteiger charge is -2.33. The number of hydrogen-bond donors (Lipinski definition) is 2. The molecule has 0 aliphatic heterocycles. The van der Waals surface area contributed by atoms with Crippen molar-refractivity contribution in [3.05, 3.63) is 34.1 Å². The summed E-state index contributed by atoms with van der Waals surface area (Å²) in [5, 5.41) is 0. The Balaban J connectivity index is 2.21. The van der Waals surface area contributed by atoms with E-state index in [-0.39, 0.29) is 11.9 Å². The SMILES string of the molecule is CC1CCCC(C(NN)c2ccc(Br)cc2F)C1. The molecule has 0 amide bonds. The largest absolute Gasteiger partial charge is 0.271 e. The standard InChI is InChI=1S/C14H20BrFN2/c1-9-3-2-4-10(7-9)14(18-17)12-6-5-11(15)8-13(12)16/h5-6,8-10,14,18H,2-4,7,17H2,1H3. The molecule has 0 radical (unpaired) electrons. The number of hydrogen-bond acceptors (Lipinski definition) is 2. The highest BCUT2D eigenvalue weighted by atomic mass is 79.9. The number of nitrogens with one attached hydrogen (secondary N) is 1. The molecule has 0 bridgehead atoms. The van der Waals surface area contributed by atoms with Gasteiger partial charge in [-0.25, -0.2) is 4.39 Å². The van der Waals surface area contributed by atoms with E-state index in [1.165, 1.54) is 18.9 Å². The van der Waals surface area contributed by atoms with Crippen molar-refractivity contribution in [3.63, 3.8) is 0 Å². The van der Waals surface area contributed by atoms with E-state index in [0.29, 0.717) is 17.4 Å². The van der Waals surface area contributed by atoms with E-state index in [4.69, 9.17) is 5.84 Å². The van der Waals surface area contributed by atoms with Gasteiger partial charge in [0.15, 0.2) is 0 Å². The third-order valence-corrected chi connectivity index (χ3v) is 4.42. The lowest BCUT2D eigenvalue weighted by atomic mass is 9.77. The Morgan fingerprint density at radius 3 is 2.83 bits per heavy atom. The normalized spacial score (nSPS) is 26.0. The van der Waals surface area contributed by atoms with E-state index >= 15 is 0 Å². The van der Waals surface area contributed by atoms with Crippen LogP contribution in [0.3, 0.4) is 0 Å². The lowest BCUT2D eigenvalue weighted by Crippen LogP contribution is -2.36. The third kappa shape index (κ3) is 3.11. The number of halogens is 2. The molecule has 3 atom stereocenters. The molecule has 1 aromatic carbocycles. The van der Waals surface area contributed by atoms with Crippen LogP contribution in [0.15, 0.2) is 22.7 Å². The van der Waals surface area contributed by atoms with Gasteiger partial charge in [0.1, 0.15) is 5.82 Å². The van der Waals surface area contributed by atoms with Crippen molar-refractivity contribution in [1.82, 2.24) is 5.43 Å². The molecule has 100 valence electrons. The van der Waals surface area contributed by atoms with Crippen LogP contribution in [0, 0.1) is 17.7 Å². The second kappa shape index (κ2) is 6.13. The van der Waals surface area contributed by atoms with Gasteiger partial charge in [-0.05, 0) is 36.8 Å². The highest BCUT2D eigenvalue weighted by molar-refractivity contribution is 9.10. The summed E-state index contributed by atoms with van der Waals surface area (Å²) in [4.78, 5) is 0. The molecule has 0 saturated heterocycles. The van der Waals surface area contributed by atoms with Gasteiger partial charge in [-0.3, -0.25) is 11.3 Å². The summed E-state index contributed by atoms with van der Waals surface area (Å²) in [5.41, 5.74) is 3.49. The van der Waals surface area contributed by atoms with Crippen molar-refractivity contribution in [1.29, 1.82) is 0 Å². The Kier molecular flexibility index (Phi) is 4.76. The molecule has 0 spiro atoms. The number of nitrogens with two attached hydrogens (primary N) is 1. The Morgan fingerprint density at radius 1 is 1.44 bits per heavy atom. The predicted molar refractivity (Wildman–Crippen MR) is 75.3 cm³/mol. The minimum Gasteiger partial charge on any atom is -0.271 e. The first-order valence-electron chi connectivity index (χ1n) is 6.53. The van der Waals surface area contributed by atoms with Gasteiger partial charge in [-0.2, -0.15) is 0 Å². The molecule has 1 saturated carbocycles.